The van der Waals surface area contributed by atoms with Crippen molar-refractivity contribution < 1.29 is 9.90 Å². The molecule has 1 atom stereocenters. The van der Waals surface area contributed by atoms with E-state index < -0.39 is 6.10 Å². The minimum absolute atomic E-state index is 0.193. The second-order valence-corrected chi connectivity index (χ2v) is 7.08. The van der Waals surface area contributed by atoms with E-state index in [4.69, 9.17) is 0 Å². The maximum atomic E-state index is 12.3. The van der Waals surface area contributed by atoms with Gasteiger partial charge in [-0.2, -0.15) is 10.2 Å². The molecule has 154 valence electrons. The lowest BCUT2D eigenvalue weighted by atomic mass is 10.0. The minimum Gasteiger partial charge on any atom is -0.392 e. The van der Waals surface area contributed by atoms with Gasteiger partial charge >= 0.3 is 0 Å². The van der Waals surface area contributed by atoms with Gasteiger partial charge in [-0.15, -0.1) is 5.10 Å². The van der Waals surface area contributed by atoms with Crippen molar-refractivity contribution in [1.29, 1.82) is 5.26 Å². The van der Waals surface area contributed by atoms with Crippen LogP contribution in [0.4, 0.5) is 11.6 Å². The standard InChI is InChI=1S/C23H20N6O2/c1-15(30)13-25-22(31)17-7-4-6-16(11-17)19-9-10-21-27-23(28-29(21)14-19)26-20-8-3-2-5-18(20)12-24/h2-11,14-15,30H,13H2,1H3,(H,25,31)(H,26,28). The van der Waals surface area contributed by atoms with E-state index in [0.717, 1.165) is 11.1 Å². The maximum absolute atomic E-state index is 12.3. The van der Waals surface area contributed by atoms with Crippen LogP contribution in [0.1, 0.15) is 22.8 Å². The van der Waals surface area contributed by atoms with Crippen LogP contribution in [-0.4, -0.2) is 38.3 Å². The highest BCUT2D eigenvalue weighted by Crippen LogP contribution is 2.23. The lowest BCUT2D eigenvalue weighted by Crippen LogP contribution is -2.30. The van der Waals surface area contributed by atoms with Crippen LogP contribution in [0.2, 0.25) is 0 Å². The number of benzene rings is 2. The number of aliphatic hydroxyl groups is 1. The van der Waals surface area contributed by atoms with Crippen LogP contribution in [0, 0.1) is 11.3 Å². The van der Waals surface area contributed by atoms with Crippen LogP contribution in [0.5, 0.6) is 0 Å². The number of fused-ring (bicyclic) bond motifs is 1. The average Bonchev–Trinajstić information content (AvgIpc) is 3.19. The Morgan fingerprint density at radius 1 is 1.16 bits per heavy atom. The molecule has 3 N–H and O–H groups in total. The molecule has 0 aliphatic heterocycles. The summed E-state index contributed by atoms with van der Waals surface area (Å²) in [5.41, 5.74) is 4.02. The smallest absolute Gasteiger partial charge is 0.251 e. The third-order valence-corrected chi connectivity index (χ3v) is 4.64. The number of aliphatic hydroxyl groups excluding tert-OH is 1. The molecule has 31 heavy (non-hydrogen) atoms. The number of amides is 1. The molecule has 1 unspecified atom stereocenters. The lowest BCUT2D eigenvalue weighted by Gasteiger charge is -2.08. The molecule has 8 heteroatoms. The summed E-state index contributed by atoms with van der Waals surface area (Å²) in [5, 5.41) is 28.8. The molecule has 0 saturated heterocycles. The van der Waals surface area contributed by atoms with Crippen molar-refractivity contribution >= 4 is 23.2 Å². The fraction of sp³-hybridized carbons (Fsp3) is 0.130. The Morgan fingerprint density at radius 2 is 2.00 bits per heavy atom. The van der Waals surface area contributed by atoms with Gasteiger partial charge in [0.15, 0.2) is 5.65 Å². The van der Waals surface area contributed by atoms with Crippen LogP contribution in [0.15, 0.2) is 66.9 Å². The number of hydrogen-bond donors (Lipinski definition) is 3. The predicted molar refractivity (Wildman–Crippen MR) is 117 cm³/mol. The number of anilines is 2. The van der Waals surface area contributed by atoms with Crippen molar-refractivity contribution in [2.45, 2.75) is 13.0 Å². The quantitative estimate of drug-likeness (QED) is 0.448. The van der Waals surface area contributed by atoms with Gasteiger partial charge in [0, 0.05) is 23.9 Å². The molecule has 0 fully saturated rings. The van der Waals surface area contributed by atoms with Gasteiger partial charge in [0.05, 0.1) is 17.4 Å². The Labute approximate surface area is 178 Å². The number of nitrogens with zero attached hydrogens (tertiary/aromatic N) is 4. The van der Waals surface area contributed by atoms with E-state index in [1.165, 1.54) is 0 Å². The van der Waals surface area contributed by atoms with E-state index >= 15 is 0 Å². The molecule has 0 aliphatic rings. The number of para-hydroxylation sites is 1. The van der Waals surface area contributed by atoms with Crippen molar-refractivity contribution in [1.82, 2.24) is 19.9 Å². The molecule has 0 radical (unpaired) electrons. The van der Waals surface area contributed by atoms with Crippen LogP contribution >= 0.6 is 0 Å². The fourth-order valence-electron chi connectivity index (χ4n) is 3.10. The molecule has 8 nitrogen and oxygen atoms in total. The molecule has 0 aliphatic carbocycles. The molecule has 0 bridgehead atoms. The Balaban J connectivity index is 1.59. The van der Waals surface area contributed by atoms with E-state index in [9.17, 15) is 15.2 Å². The van der Waals surface area contributed by atoms with E-state index in [-0.39, 0.29) is 12.5 Å². The average molecular weight is 412 g/mol. The largest absolute Gasteiger partial charge is 0.392 e. The van der Waals surface area contributed by atoms with E-state index in [1.54, 1.807) is 41.8 Å². The predicted octanol–water partition coefficient (Wildman–Crippen LogP) is 3.12. The highest BCUT2D eigenvalue weighted by atomic mass is 16.3. The van der Waals surface area contributed by atoms with Crippen molar-refractivity contribution in [3.63, 3.8) is 0 Å². The Morgan fingerprint density at radius 3 is 2.81 bits per heavy atom. The minimum atomic E-state index is -0.607. The molecule has 4 rings (SSSR count). The summed E-state index contributed by atoms with van der Waals surface area (Å²) in [7, 11) is 0. The van der Waals surface area contributed by atoms with Gasteiger partial charge in [0.2, 0.25) is 5.95 Å². The van der Waals surface area contributed by atoms with E-state index in [0.29, 0.717) is 28.4 Å². The van der Waals surface area contributed by atoms with E-state index in [1.807, 2.05) is 36.5 Å². The van der Waals surface area contributed by atoms with Crippen molar-refractivity contribution in [2.24, 2.45) is 0 Å². The molecule has 2 heterocycles. The monoisotopic (exact) mass is 412 g/mol. The SMILES string of the molecule is CC(O)CNC(=O)c1cccc(-c2ccc3nc(Nc4ccccc4C#N)nn3c2)c1. The first-order valence-corrected chi connectivity index (χ1v) is 9.73. The number of carbonyl (C=O) groups excluding carboxylic acids is 1. The number of aromatic nitrogens is 3. The zero-order valence-corrected chi connectivity index (χ0v) is 16.8. The van der Waals surface area contributed by atoms with Gasteiger partial charge < -0.3 is 15.7 Å². The van der Waals surface area contributed by atoms with Crippen molar-refractivity contribution in [2.75, 3.05) is 11.9 Å². The number of hydrogen-bond acceptors (Lipinski definition) is 6. The summed E-state index contributed by atoms with van der Waals surface area (Å²) in [5.74, 6) is 0.137. The lowest BCUT2D eigenvalue weighted by molar-refractivity contribution is 0.0924. The topological polar surface area (TPSA) is 115 Å². The summed E-state index contributed by atoms with van der Waals surface area (Å²) < 4.78 is 1.65. The van der Waals surface area contributed by atoms with Crippen LogP contribution in [0.3, 0.4) is 0 Å². The molecule has 0 spiro atoms. The van der Waals surface area contributed by atoms with Gasteiger partial charge in [0.1, 0.15) is 6.07 Å². The van der Waals surface area contributed by atoms with Gasteiger partial charge in [0.25, 0.3) is 5.91 Å². The fourth-order valence-corrected chi connectivity index (χ4v) is 3.10. The first-order valence-electron chi connectivity index (χ1n) is 9.73. The van der Waals surface area contributed by atoms with Gasteiger partial charge in [-0.25, -0.2) is 4.52 Å². The molecule has 1 amide bonds. The first kappa shape index (κ1) is 20.1. The van der Waals surface area contributed by atoms with Crippen LogP contribution in [-0.2, 0) is 0 Å². The zero-order chi connectivity index (χ0) is 21.8. The highest BCUT2D eigenvalue weighted by Gasteiger charge is 2.10. The molecule has 2 aromatic heterocycles. The second kappa shape index (κ2) is 8.65. The Kier molecular flexibility index (Phi) is 5.60. The first-order chi connectivity index (χ1) is 15.0. The number of pyridine rings is 1. The molecule has 0 saturated carbocycles. The Bertz CT molecular complexity index is 1290. The third-order valence-electron chi connectivity index (χ3n) is 4.64. The molecular formula is C23H20N6O2. The maximum Gasteiger partial charge on any atom is 0.251 e. The Hall–Kier alpha value is -4.22. The van der Waals surface area contributed by atoms with Crippen LogP contribution < -0.4 is 10.6 Å². The zero-order valence-electron chi connectivity index (χ0n) is 16.8. The van der Waals surface area contributed by atoms with Gasteiger partial charge in [-0.1, -0.05) is 24.3 Å². The second-order valence-electron chi connectivity index (χ2n) is 7.08. The van der Waals surface area contributed by atoms with Gasteiger partial charge in [-0.05, 0) is 48.9 Å². The van der Waals surface area contributed by atoms with Crippen LogP contribution in [0.25, 0.3) is 16.8 Å². The summed E-state index contributed by atoms with van der Waals surface area (Å²) in [6, 6.07) is 20.3. The number of nitrogens with one attached hydrogen (secondary N) is 2. The summed E-state index contributed by atoms with van der Waals surface area (Å²) in [4.78, 5) is 16.7. The number of carbonyl (C=O) groups is 1. The third kappa shape index (κ3) is 4.52. The molecule has 4 aromatic rings. The molecular weight excluding hydrogens is 392 g/mol. The highest BCUT2D eigenvalue weighted by molar-refractivity contribution is 5.95. The summed E-state index contributed by atoms with van der Waals surface area (Å²) in [6.07, 6.45) is 1.22. The molecule has 2 aromatic carbocycles. The number of nitriles is 1. The summed E-state index contributed by atoms with van der Waals surface area (Å²) >= 11 is 0. The van der Waals surface area contributed by atoms with Crippen molar-refractivity contribution in [3.8, 4) is 17.2 Å². The number of rotatable bonds is 6. The normalized spacial score (nSPS) is 11.6. The van der Waals surface area contributed by atoms with E-state index in [2.05, 4.69) is 26.8 Å². The van der Waals surface area contributed by atoms with Crippen molar-refractivity contribution in [3.05, 3.63) is 78.0 Å². The van der Waals surface area contributed by atoms with Gasteiger partial charge in [-0.3, -0.25) is 4.79 Å². The summed E-state index contributed by atoms with van der Waals surface area (Å²) in [6.45, 7) is 1.81.